The van der Waals surface area contributed by atoms with Crippen molar-refractivity contribution in [3.05, 3.63) is 16.1 Å². The van der Waals surface area contributed by atoms with Crippen molar-refractivity contribution in [3.8, 4) is 0 Å². The Hall–Kier alpha value is -0.450. The van der Waals surface area contributed by atoms with Gasteiger partial charge in [-0.1, -0.05) is 6.42 Å². The highest BCUT2D eigenvalue weighted by Crippen LogP contribution is 2.33. The van der Waals surface area contributed by atoms with E-state index in [4.69, 9.17) is 4.98 Å². The first-order valence-corrected chi connectivity index (χ1v) is 7.45. The van der Waals surface area contributed by atoms with Gasteiger partial charge in [-0.05, 0) is 40.3 Å². The molecule has 0 aliphatic carbocycles. The molecule has 0 saturated carbocycles. The van der Waals surface area contributed by atoms with Gasteiger partial charge in [-0.15, -0.1) is 11.3 Å². The predicted molar refractivity (Wildman–Crippen MR) is 73.3 cm³/mol. The van der Waals surface area contributed by atoms with Crippen molar-refractivity contribution in [2.45, 2.75) is 51.7 Å². The van der Waals surface area contributed by atoms with E-state index < -0.39 is 0 Å². The quantitative estimate of drug-likeness (QED) is 0.894. The molecule has 1 N–H and O–H groups in total. The molecule has 1 aromatic rings. The van der Waals surface area contributed by atoms with Crippen molar-refractivity contribution < 1.29 is 0 Å². The second-order valence-corrected chi connectivity index (χ2v) is 5.94. The molecule has 0 radical (unpaired) electrons. The fraction of sp³-hybridized carbons (Fsp3) is 0.769. The highest BCUT2D eigenvalue weighted by atomic mass is 32.1. The normalized spacial score (nSPS) is 22.2. The van der Waals surface area contributed by atoms with E-state index in [2.05, 4.69) is 29.4 Å². The van der Waals surface area contributed by atoms with Crippen LogP contribution in [-0.2, 0) is 6.54 Å². The molecule has 1 atom stereocenters. The minimum Gasteiger partial charge on any atom is -0.314 e. The third-order valence-corrected chi connectivity index (χ3v) is 4.41. The number of rotatable bonds is 4. The van der Waals surface area contributed by atoms with E-state index >= 15 is 0 Å². The van der Waals surface area contributed by atoms with Crippen molar-refractivity contribution in [1.29, 1.82) is 0 Å². The standard InChI is InChI=1S/C13H23N3S/c1-10(2)16-7-5-4-6-12(16)13-15-11(8-14-3)9-17-13/h9-10,12,14H,4-8H2,1-3H3. The molecule has 1 fully saturated rings. The van der Waals surface area contributed by atoms with Gasteiger partial charge in [0.1, 0.15) is 5.01 Å². The number of hydrogen-bond donors (Lipinski definition) is 1. The summed E-state index contributed by atoms with van der Waals surface area (Å²) in [5.74, 6) is 0. The Morgan fingerprint density at radius 3 is 3.06 bits per heavy atom. The Bertz CT molecular complexity index is 348. The summed E-state index contributed by atoms with van der Waals surface area (Å²) in [6, 6.07) is 1.18. The van der Waals surface area contributed by atoms with Crippen LogP contribution in [0, 0.1) is 0 Å². The monoisotopic (exact) mass is 253 g/mol. The van der Waals surface area contributed by atoms with E-state index in [1.165, 1.54) is 36.5 Å². The van der Waals surface area contributed by atoms with Crippen LogP contribution in [0.3, 0.4) is 0 Å². The van der Waals surface area contributed by atoms with Crippen molar-refractivity contribution in [3.63, 3.8) is 0 Å². The van der Waals surface area contributed by atoms with Crippen LogP contribution >= 0.6 is 11.3 Å². The van der Waals surface area contributed by atoms with Crippen LogP contribution in [0.25, 0.3) is 0 Å². The van der Waals surface area contributed by atoms with E-state index in [0.29, 0.717) is 12.1 Å². The van der Waals surface area contributed by atoms with Gasteiger partial charge in [-0.25, -0.2) is 4.98 Å². The molecule has 1 aliphatic rings. The second-order valence-electron chi connectivity index (χ2n) is 5.05. The number of thiazole rings is 1. The van der Waals surface area contributed by atoms with Crippen LogP contribution in [0.5, 0.6) is 0 Å². The van der Waals surface area contributed by atoms with Gasteiger partial charge in [0, 0.05) is 18.0 Å². The molecule has 1 unspecified atom stereocenters. The topological polar surface area (TPSA) is 28.2 Å². The minimum absolute atomic E-state index is 0.555. The molecular weight excluding hydrogens is 230 g/mol. The number of likely N-dealkylation sites (tertiary alicyclic amines) is 1. The zero-order valence-electron chi connectivity index (χ0n) is 11.1. The number of aromatic nitrogens is 1. The molecular formula is C13H23N3S. The number of piperidine rings is 1. The Balaban J connectivity index is 2.11. The molecule has 1 aromatic heterocycles. The summed E-state index contributed by atoms with van der Waals surface area (Å²) in [4.78, 5) is 7.37. The van der Waals surface area contributed by atoms with Gasteiger partial charge in [-0.2, -0.15) is 0 Å². The maximum absolute atomic E-state index is 4.77. The average molecular weight is 253 g/mol. The van der Waals surface area contributed by atoms with E-state index in [-0.39, 0.29) is 0 Å². The number of nitrogens with one attached hydrogen (secondary N) is 1. The minimum atomic E-state index is 0.555. The molecule has 0 spiro atoms. The lowest BCUT2D eigenvalue weighted by atomic mass is 10.0. The van der Waals surface area contributed by atoms with Gasteiger partial charge in [-0.3, -0.25) is 4.90 Å². The van der Waals surface area contributed by atoms with E-state index in [9.17, 15) is 0 Å². The van der Waals surface area contributed by atoms with Gasteiger partial charge >= 0.3 is 0 Å². The lowest BCUT2D eigenvalue weighted by molar-refractivity contribution is 0.112. The number of hydrogen-bond acceptors (Lipinski definition) is 4. The molecule has 96 valence electrons. The van der Waals surface area contributed by atoms with Crippen LogP contribution in [0.2, 0.25) is 0 Å². The Morgan fingerprint density at radius 2 is 2.35 bits per heavy atom. The van der Waals surface area contributed by atoms with Crippen molar-refractivity contribution >= 4 is 11.3 Å². The largest absolute Gasteiger partial charge is 0.314 e. The fourth-order valence-corrected chi connectivity index (χ4v) is 3.55. The molecule has 1 aliphatic heterocycles. The highest BCUT2D eigenvalue weighted by molar-refractivity contribution is 7.09. The molecule has 0 bridgehead atoms. The molecule has 4 heteroatoms. The maximum Gasteiger partial charge on any atom is 0.110 e. The van der Waals surface area contributed by atoms with Crippen LogP contribution in [-0.4, -0.2) is 29.5 Å². The van der Waals surface area contributed by atoms with Crippen LogP contribution < -0.4 is 5.32 Å². The van der Waals surface area contributed by atoms with Crippen molar-refractivity contribution in [2.24, 2.45) is 0 Å². The smallest absolute Gasteiger partial charge is 0.110 e. The zero-order chi connectivity index (χ0) is 12.3. The van der Waals surface area contributed by atoms with Gasteiger partial charge in [0.25, 0.3) is 0 Å². The lowest BCUT2D eigenvalue weighted by Crippen LogP contribution is -2.38. The first kappa shape index (κ1) is 13.0. The van der Waals surface area contributed by atoms with Gasteiger partial charge < -0.3 is 5.32 Å². The molecule has 2 heterocycles. The Morgan fingerprint density at radius 1 is 1.53 bits per heavy atom. The Labute approximate surface area is 108 Å². The van der Waals surface area contributed by atoms with E-state index in [1.807, 2.05) is 18.4 Å². The van der Waals surface area contributed by atoms with Crippen LogP contribution in [0.15, 0.2) is 5.38 Å². The molecule has 2 rings (SSSR count). The van der Waals surface area contributed by atoms with Crippen molar-refractivity contribution in [1.82, 2.24) is 15.2 Å². The number of nitrogens with zero attached hydrogens (tertiary/aromatic N) is 2. The summed E-state index contributed by atoms with van der Waals surface area (Å²) in [7, 11) is 1.97. The second kappa shape index (κ2) is 5.94. The third kappa shape index (κ3) is 3.06. The summed E-state index contributed by atoms with van der Waals surface area (Å²) in [6.45, 7) is 6.69. The van der Waals surface area contributed by atoms with E-state index in [1.54, 1.807) is 0 Å². The average Bonchev–Trinajstić information content (AvgIpc) is 2.78. The molecule has 0 amide bonds. The van der Waals surface area contributed by atoms with Crippen molar-refractivity contribution in [2.75, 3.05) is 13.6 Å². The predicted octanol–water partition coefficient (Wildman–Crippen LogP) is 2.80. The summed E-state index contributed by atoms with van der Waals surface area (Å²) in [5, 5.41) is 6.67. The SMILES string of the molecule is CNCc1csc(C2CCCCN2C(C)C)n1. The molecule has 3 nitrogen and oxygen atoms in total. The van der Waals surface area contributed by atoms with Gasteiger partial charge in [0.15, 0.2) is 0 Å². The third-order valence-electron chi connectivity index (χ3n) is 3.42. The van der Waals surface area contributed by atoms with Gasteiger partial charge in [0.2, 0.25) is 0 Å². The first-order valence-electron chi connectivity index (χ1n) is 6.57. The molecule has 1 saturated heterocycles. The maximum atomic E-state index is 4.77. The molecule has 0 aromatic carbocycles. The summed E-state index contributed by atoms with van der Waals surface area (Å²) < 4.78 is 0. The Kier molecular flexibility index (Phi) is 4.54. The van der Waals surface area contributed by atoms with Crippen LogP contribution in [0.1, 0.15) is 49.9 Å². The summed E-state index contributed by atoms with van der Waals surface area (Å²) in [6.07, 6.45) is 3.95. The highest BCUT2D eigenvalue weighted by Gasteiger charge is 2.27. The summed E-state index contributed by atoms with van der Waals surface area (Å²) >= 11 is 1.82. The fourth-order valence-electron chi connectivity index (χ4n) is 2.58. The van der Waals surface area contributed by atoms with E-state index in [0.717, 1.165) is 6.54 Å². The first-order chi connectivity index (χ1) is 8.22. The zero-order valence-corrected chi connectivity index (χ0v) is 11.9. The lowest BCUT2D eigenvalue weighted by Gasteiger charge is -2.37. The summed E-state index contributed by atoms with van der Waals surface area (Å²) in [5.41, 5.74) is 1.18. The van der Waals surface area contributed by atoms with Crippen LogP contribution in [0.4, 0.5) is 0 Å². The molecule has 17 heavy (non-hydrogen) atoms. The van der Waals surface area contributed by atoms with Gasteiger partial charge in [0.05, 0.1) is 11.7 Å².